The average molecular weight is 307 g/mol. The Morgan fingerprint density at radius 3 is 2.82 bits per heavy atom. The second-order valence-corrected chi connectivity index (χ2v) is 6.27. The lowest BCUT2D eigenvalue weighted by Gasteiger charge is -2.34. The molecule has 3 rings (SSSR count). The van der Waals surface area contributed by atoms with Crippen molar-refractivity contribution in [3.05, 3.63) is 17.5 Å². The summed E-state index contributed by atoms with van der Waals surface area (Å²) in [6.45, 7) is 6.96. The largest absolute Gasteiger partial charge is 0.378 e. The number of nitrogens with zero attached hydrogens (tertiary/aromatic N) is 3. The van der Waals surface area contributed by atoms with Gasteiger partial charge in [-0.2, -0.15) is 0 Å². The Morgan fingerprint density at radius 2 is 2.18 bits per heavy atom. The fourth-order valence-corrected chi connectivity index (χ4v) is 3.18. The van der Waals surface area contributed by atoms with Gasteiger partial charge in [0.2, 0.25) is 5.91 Å². The first-order valence-corrected chi connectivity index (χ1v) is 8.24. The second kappa shape index (κ2) is 7.24. The number of aryl methyl sites for hydroxylation is 1. The Labute approximate surface area is 131 Å². The molecular formula is C16H25N3O3. The summed E-state index contributed by atoms with van der Waals surface area (Å²) in [6, 6.07) is 1.97. The Bertz CT molecular complexity index is 489. The molecule has 1 atom stereocenters. The predicted octanol–water partition coefficient (Wildman–Crippen LogP) is 1.59. The third kappa shape index (κ3) is 4.08. The molecule has 1 aromatic heterocycles. The first-order chi connectivity index (χ1) is 10.7. The fraction of sp³-hybridized carbons (Fsp3) is 0.750. The van der Waals surface area contributed by atoms with Crippen molar-refractivity contribution >= 4 is 5.91 Å². The summed E-state index contributed by atoms with van der Waals surface area (Å²) in [5.74, 6) is 1.17. The third-order valence-electron chi connectivity index (χ3n) is 4.49. The van der Waals surface area contributed by atoms with Gasteiger partial charge in [-0.05, 0) is 26.2 Å². The molecule has 0 radical (unpaired) electrons. The number of amides is 1. The summed E-state index contributed by atoms with van der Waals surface area (Å²) in [5.41, 5.74) is 0.915. The van der Waals surface area contributed by atoms with E-state index < -0.39 is 0 Å². The van der Waals surface area contributed by atoms with Crippen molar-refractivity contribution in [3.8, 4) is 0 Å². The van der Waals surface area contributed by atoms with Crippen LogP contribution in [0, 0.1) is 6.92 Å². The van der Waals surface area contributed by atoms with E-state index in [2.05, 4.69) is 10.1 Å². The molecule has 0 bridgehead atoms. The van der Waals surface area contributed by atoms with Crippen LogP contribution < -0.4 is 0 Å². The van der Waals surface area contributed by atoms with Gasteiger partial charge in [0.1, 0.15) is 0 Å². The first-order valence-electron chi connectivity index (χ1n) is 8.24. The van der Waals surface area contributed by atoms with E-state index in [0.29, 0.717) is 12.5 Å². The highest BCUT2D eigenvalue weighted by Gasteiger charge is 2.23. The van der Waals surface area contributed by atoms with Crippen LogP contribution in [0.2, 0.25) is 0 Å². The molecule has 2 fully saturated rings. The van der Waals surface area contributed by atoms with Crippen LogP contribution in [0.4, 0.5) is 0 Å². The zero-order valence-electron chi connectivity index (χ0n) is 13.3. The van der Waals surface area contributed by atoms with E-state index >= 15 is 0 Å². The predicted molar refractivity (Wildman–Crippen MR) is 81.3 cm³/mol. The number of rotatable bonds is 5. The Morgan fingerprint density at radius 1 is 1.36 bits per heavy atom. The average Bonchev–Trinajstić information content (AvgIpc) is 3.17. The van der Waals surface area contributed by atoms with Gasteiger partial charge in [0.25, 0.3) is 0 Å². The van der Waals surface area contributed by atoms with Crippen molar-refractivity contribution in [3.63, 3.8) is 0 Å². The van der Waals surface area contributed by atoms with Crippen LogP contribution in [0.5, 0.6) is 0 Å². The number of hydrogen-bond acceptors (Lipinski definition) is 5. The molecule has 22 heavy (non-hydrogen) atoms. The van der Waals surface area contributed by atoms with Crippen molar-refractivity contribution in [2.24, 2.45) is 0 Å². The minimum atomic E-state index is 0.269. The topological polar surface area (TPSA) is 58.8 Å². The van der Waals surface area contributed by atoms with Crippen molar-refractivity contribution in [1.82, 2.24) is 15.0 Å². The molecule has 2 saturated heterocycles. The lowest BCUT2D eigenvalue weighted by molar-refractivity contribution is -0.133. The van der Waals surface area contributed by atoms with Crippen LogP contribution in [-0.4, -0.2) is 59.8 Å². The molecular weight excluding hydrogens is 282 g/mol. The lowest BCUT2D eigenvalue weighted by atomic mass is 10.1. The molecule has 3 heterocycles. The van der Waals surface area contributed by atoms with Crippen LogP contribution in [-0.2, 0) is 16.1 Å². The number of carbonyl (C=O) groups excluding carboxylic acids is 1. The molecule has 2 aliphatic heterocycles. The maximum absolute atomic E-state index is 12.2. The quantitative estimate of drug-likeness (QED) is 0.827. The summed E-state index contributed by atoms with van der Waals surface area (Å²) in [5, 5.41) is 3.91. The van der Waals surface area contributed by atoms with Gasteiger partial charge in [-0.15, -0.1) is 0 Å². The van der Waals surface area contributed by atoms with Gasteiger partial charge < -0.3 is 14.2 Å². The van der Waals surface area contributed by atoms with E-state index in [-0.39, 0.29) is 5.91 Å². The number of hydrogen-bond donors (Lipinski definition) is 0. The Hall–Kier alpha value is -1.40. The van der Waals surface area contributed by atoms with E-state index in [9.17, 15) is 4.79 Å². The van der Waals surface area contributed by atoms with Crippen molar-refractivity contribution in [2.75, 3.05) is 32.8 Å². The molecule has 1 aromatic rings. The molecule has 1 unspecified atom stereocenters. The Kier molecular flexibility index (Phi) is 5.10. The molecule has 6 nitrogen and oxygen atoms in total. The maximum Gasteiger partial charge on any atom is 0.222 e. The van der Waals surface area contributed by atoms with Gasteiger partial charge in [0, 0.05) is 45.3 Å². The van der Waals surface area contributed by atoms with E-state index in [4.69, 9.17) is 9.26 Å². The summed E-state index contributed by atoms with van der Waals surface area (Å²) in [4.78, 5) is 16.5. The summed E-state index contributed by atoms with van der Waals surface area (Å²) in [7, 11) is 0. The molecule has 0 N–H and O–H groups in total. The molecule has 122 valence electrons. The van der Waals surface area contributed by atoms with E-state index in [1.54, 1.807) is 0 Å². The molecule has 1 amide bonds. The second-order valence-electron chi connectivity index (χ2n) is 6.27. The first kappa shape index (κ1) is 15.5. The molecule has 6 heteroatoms. The van der Waals surface area contributed by atoms with Gasteiger partial charge in [0.05, 0.1) is 18.3 Å². The molecule has 2 aliphatic rings. The molecule has 0 spiro atoms. The zero-order chi connectivity index (χ0) is 15.4. The Balaban J connectivity index is 1.38. The van der Waals surface area contributed by atoms with Gasteiger partial charge >= 0.3 is 0 Å². The summed E-state index contributed by atoms with van der Waals surface area (Å²) < 4.78 is 10.8. The van der Waals surface area contributed by atoms with Gasteiger partial charge in [-0.25, -0.2) is 0 Å². The van der Waals surface area contributed by atoms with Crippen LogP contribution in [0.1, 0.15) is 37.1 Å². The third-order valence-corrected chi connectivity index (χ3v) is 4.49. The zero-order valence-corrected chi connectivity index (χ0v) is 13.3. The summed E-state index contributed by atoms with van der Waals surface area (Å²) >= 11 is 0. The van der Waals surface area contributed by atoms with E-state index in [1.165, 1.54) is 0 Å². The van der Waals surface area contributed by atoms with Gasteiger partial charge in [-0.3, -0.25) is 9.69 Å². The van der Waals surface area contributed by atoms with Gasteiger partial charge in [-0.1, -0.05) is 5.16 Å². The van der Waals surface area contributed by atoms with Crippen LogP contribution in [0.25, 0.3) is 0 Å². The van der Waals surface area contributed by atoms with Crippen LogP contribution >= 0.6 is 0 Å². The monoisotopic (exact) mass is 307 g/mol. The number of ether oxygens (including phenoxy) is 1. The van der Waals surface area contributed by atoms with Crippen molar-refractivity contribution in [2.45, 2.75) is 45.3 Å². The highest BCUT2D eigenvalue weighted by molar-refractivity contribution is 5.76. The highest BCUT2D eigenvalue weighted by Crippen LogP contribution is 2.18. The highest BCUT2D eigenvalue weighted by atomic mass is 16.5. The van der Waals surface area contributed by atoms with E-state index in [0.717, 1.165) is 70.0 Å². The summed E-state index contributed by atoms with van der Waals surface area (Å²) in [6.07, 6.45) is 4.04. The standard InChI is InChI=1S/C16H25N3O3/c1-13-11-15(22-17-13)12-18-6-8-19(9-7-18)16(20)5-4-14-3-2-10-21-14/h11,14H,2-10,12H2,1H3. The smallest absolute Gasteiger partial charge is 0.222 e. The normalized spacial score (nSPS) is 23.1. The number of carbonyl (C=O) groups is 1. The molecule has 0 aliphatic carbocycles. The van der Waals surface area contributed by atoms with Crippen LogP contribution in [0.15, 0.2) is 10.6 Å². The number of piperazine rings is 1. The SMILES string of the molecule is Cc1cc(CN2CCN(C(=O)CCC3CCCO3)CC2)on1. The minimum absolute atomic E-state index is 0.269. The van der Waals surface area contributed by atoms with Crippen molar-refractivity contribution < 1.29 is 14.1 Å². The molecule has 0 aromatic carbocycles. The van der Waals surface area contributed by atoms with Crippen molar-refractivity contribution in [1.29, 1.82) is 0 Å². The number of aromatic nitrogens is 1. The van der Waals surface area contributed by atoms with Gasteiger partial charge in [0.15, 0.2) is 5.76 Å². The lowest BCUT2D eigenvalue weighted by Crippen LogP contribution is -2.48. The van der Waals surface area contributed by atoms with Crippen LogP contribution in [0.3, 0.4) is 0 Å². The fourth-order valence-electron chi connectivity index (χ4n) is 3.18. The van der Waals surface area contributed by atoms with E-state index in [1.807, 2.05) is 17.9 Å². The maximum atomic E-state index is 12.2. The molecule has 0 saturated carbocycles. The minimum Gasteiger partial charge on any atom is -0.378 e.